The van der Waals surface area contributed by atoms with Crippen LogP contribution in [0, 0.1) is 0 Å². The molecule has 7 heteroatoms. The number of rotatable bonds is 9. The van der Waals surface area contributed by atoms with Crippen molar-refractivity contribution in [2.24, 2.45) is 0 Å². The van der Waals surface area contributed by atoms with Crippen molar-refractivity contribution in [1.82, 2.24) is 5.32 Å². The Bertz CT molecular complexity index is 1020. The highest BCUT2D eigenvalue weighted by atomic mass is 32.2. The van der Waals surface area contributed by atoms with E-state index in [9.17, 15) is 14.7 Å². The summed E-state index contributed by atoms with van der Waals surface area (Å²) in [5, 5.41) is 12.8. The van der Waals surface area contributed by atoms with Crippen molar-refractivity contribution in [3.05, 3.63) is 65.0 Å². The van der Waals surface area contributed by atoms with E-state index >= 15 is 0 Å². The average molecular weight is 413 g/mol. The Hall–Kier alpha value is -2.77. The fraction of sp³-hybridized carbons (Fsp3) is 0.273. The van der Waals surface area contributed by atoms with Crippen LogP contribution in [0.1, 0.15) is 6.42 Å². The third-order valence-electron chi connectivity index (χ3n) is 4.42. The number of aliphatic hydroxyl groups excluding tert-OH is 1. The van der Waals surface area contributed by atoms with Gasteiger partial charge in [0.2, 0.25) is 0 Å². The fourth-order valence-electron chi connectivity index (χ4n) is 2.89. The summed E-state index contributed by atoms with van der Waals surface area (Å²) < 4.78 is 11.0. The number of fused-ring (bicyclic) bond motifs is 1. The zero-order valence-electron chi connectivity index (χ0n) is 16.1. The zero-order valence-corrected chi connectivity index (χ0v) is 16.9. The zero-order chi connectivity index (χ0) is 20.6. The molecule has 1 amide bonds. The summed E-state index contributed by atoms with van der Waals surface area (Å²) in [7, 11) is 0. The predicted molar refractivity (Wildman–Crippen MR) is 115 cm³/mol. The van der Waals surface area contributed by atoms with Gasteiger partial charge in [0.25, 0.3) is 5.91 Å². The van der Waals surface area contributed by atoms with Crippen LogP contribution in [0.15, 0.2) is 63.8 Å². The molecule has 0 fully saturated rings. The number of carbonyl (C=O) groups excluding carboxylic acids is 1. The van der Waals surface area contributed by atoms with E-state index < -0.39 is 5.63 Å². The number of nitrogens with one attached hydrogen (secondary N) is 1. The van der Waals surface area contributed by atoms with Crippen LogP contribution < -0.4 is 15.7 Å². The van der Waals surface area contributed by atoms with Gasteiger partial charge in [0, 0.05) is 11.5 Å². The molecule has 0 spiro atoms. The minimum absolute atomic E-state index is 0.114. The van der Waals surface area contributed by atoms with Gasteiger partial charge in [-0.1, -0.05) is 30.3 Å². The lowest BCUT2D eigenvalue weighted by Crippen LogP contribution is -2.40. The maximum Gasteiger partial charge on any atom is 0.344 e. The van der Waals surface area contributed by atoms with E-state index in [1.54, 1.807) is 36.0 Å². The van der Waals surface area contributed by atoms with Crippen LogP contribution >= 0.6 is 11.8 Å². The first-order chi connectivity index (χ1) is 14.1. The third-order valence-corrected chi connectivity index (χ3v) is 5.06. The van der Waals surface area contributed by atoms with Crippen molar-refractivity contribution in [1.29, 1.82) is 0 Å². The highest BCUT2D eigenvalue weighted by Crippen LogP contribution is 2.24. The van der Waals surface area contributed by atoms with E-state index in [4.69, 9.17) is 9.15 Å². The standard InChI is InChI=1S/C22H23NO5S/c1-29-10-9-17(13-24)23-21(25)14-27-18-8-7-16-11-19(15-5-3-2-4-6-15)22(26)28-20(16)12-18/h2-8,11-12,17,24H,9-10,13-14H2,1H3,(H,23,25). The Morgan fingerprint density at radius 1 is 1.21 bits per heavy atom. The molecule has 0 saturated heterocycles. The maximum absolute atomic E-state index is 12.4. The molecule has 3 rings (SSSR count). The number of hydrogen-bond donors (Lipinski definition) is 2. The minimum Gasteiger partial charge on any atom is -0.484 e. The lowest BCUT2D eigenvalue weighted by atomic mass is 10.1. The summed E-state index contributed by atoms with van der Waals surface area (Å²) in [6.45, 7) is -0.301. The largest absolute Gasteiger partial charge is 0.484 e. The number of aliphatic hydroxyl groups is 1. The Kier molecular flexibility index (Phi) is 7.32. The molecule has 2 aromatic carbocycles. The van der Waals surface area contributed by atoms with Crippen molar-refractivity contribution >= 4 is 28.6 Å². The van der Waals surface area contributed by atoms with E-state index in [0.717, 1.165) is 16.7 Å². The lowest BCUT2D eigenvalue weighted by molar-refractivity contribution is -0.124. The summed E-state index contributed by atoms with van der Waals surface area (Å²) >= 11 is 1.65. The number of carbonyl (C=O) groups is 1. The van der Waals surface area contributed by atoms with E-state index in [-0.39, 0.29) is 25.2 Å². The SMILES string of the molecule is CSCCC(CO)NC(=O)COc1ccc2cc(-c3ccccc3)c(=O)oc2c1. The van der Waals surface area contributed by atoms with Gasteiger partial charge in [-0.2, -0.15) is 11.8 Å². The molecule has 0 saturated carbocycles. The topological polar surface area (TPSA) is 88.8 Å². The Balaban J connectivity index is 1.68. The van der Waals surface area contributed by atoms with Gasteiger partial charge in [-0.3, -0.25) is 4.79 Å². The van der Waals surface area contributed by atoms with E-state index in [1.807, 2.05) is 36.6 Å². The molecule has 1 heterocycles. The predicted octanol–water partition coefficient (Wildman–Crippen LogP) is 3.07. The van der Waals surface area contributed by atoms with Gasteiger partial charge in [-0.15, -0.1) is 0 Å². The Labute approximate surface area is 172 Å². The van der Waals surface area contributed by atoms with Crippen molar-refractivity contribution in [3.63, 3.8) is 0 Å². The van der Waals surface area contributed by atoms with E-state index in [2.05, 4.69) is 5.32 Å². The van der Waals surface area contributed by atoms with Crippen molar-refractivity contribution in [2.75, 3.05) is 25.2 Å². The molecule has 0 aliphatic heterocycles. The summed E-state index contributed by atoms with van der Waals surface area (Å²) in [4.78, 5) is 24.4. The number of ether oxygens (including phenoxy) is 1. The lowest BCUT2D eigenvalue weighted by Gasteiger charge is -2.16. The van der Waals surface area contributed by atoms with Gasteiger partial charge in [-0.25, -0.2) is 4.79 Å². The monoisotopic (exact) mass is 413 g/mol. The van der Waals surface area contributed by atoms with E-state index in [1.165, 1.54) is 0 Å². The van der Waals surface area contributed by atoms with Crippen LogP contribution in [0.2, 0.25) is 0 Å². The maximum atomic E-state index is 12.4. The second-order valence-electron chi connectivity index (χ2n) is 6.53. The summed E-state index contributed by atoms with van der Waals surface area (Å²) in [5.41, 5.74) is 1.24. The van der Waals surface area contributed by atoms with Gasteiger partial charge < -0.3 is 19.6 Å². The molecule has 1 unspecified atom stereocenters. The number of hydrogen-bond acceptors (Lipinski definition) is 6. The van der Waals surface area contributed by atoms with Gasteiger partial charge in [0.05, 0.1) is 18.2 Å². The molecule has 1 aromatic heterocycles. The van der Waals surface area contributed by atoms with Crippen molar-refractivity contribution in [3.8, 4) is 16.9 Å². The van der Waals surface area contributed by atoms with E-state index in [0.29, 0.717) is 23.3 Å². The summed E-state index contributed by atoms with van der Waals surface area (Å²) in [5.74, 6) is 0.958. The highest BCUT2D eigenvalue weighted by molar-refractivity contribution is 7.98. The molecule has 29 heavy (non-hydrogen) atoms. The quantitative estimate of drug-likeness (QED) is 0.524. The molecule has 152 valence electrons. The first-order valence-electron chi connectivity index (χ1n) is 9.26. The normalized spacial score (nSPS) is 11.9. The van der Waals surface area contributed by atoms with Gasteiger partial charge in [-0.05, 0) is 42.2 Å². The van der Waals surface area contributed by atoms with Crippen molar-refractivity contribution in [2.45, 2.75) is 12.5 Å². The molecule has 6 nitrogen and oxygen atoms in total. The van der Waals surface area contributed by atoms with Crippen molar-refractivity contribution < 1.29 is 19.1 Å². The van der Waals surface area contributed by atoms with Crippen LogP contribution in [-0.4, -0.2) is 42.3 Å². The molecule has 0 aliphatic rings. The fourth-order valence-corrected chi connectivity index (χ4v) is 3.41. The second kappa shape index (κ2) is 10.1. The molecule has 0 bridgehead atoms. The average Bonchev–Trinajstić information content (AvgIpc) is 2.75. The smallest absolute Gasteiger partial charge is 0.344 e. The number of amides is 1. The highest BCUT2D eigenvalue weighted by Gasteiger charge is 2.12. The summed E-state index contributed by atoms with van der Waals surface area (Å²) in [6.07, 6.45) is 2.66. The van der Waals surface area contributed by atoms with Crippen LogP contribution in [-0.2, 0) is 4.79 Å². The second-order valence-corrected chi connectivity index (χ2v) is 7.52. The third kappa shape index (κ3) is 5.62. The van der Waals surface area contributed by atoms with Gasteiger partial charge in [0.1, 0.15) is 11.3 Å². The van der Waals surface area contributed by atoms with Crippen LogP contribution in [0.4, 0.5) is 0 Å². The molecular formula is C22H23NO5S. The molecule has 0 aliphatic carbocycles. The minimum atomic E-state index is -0.432. The molecular weight excluding hydrogens is 390 g/mol. The Morgan fingerprint density at radius 3 is 2.72 bits per heavy atom. The Morgan fingerprint density at radius 2 is 2.00 bits per heavy atom. The first-order valence-corrected chi connectivity index (χ1v) is 10.7. The van der Waals surface area contributed by atoms with Crippen LogP contribution in [0.3, 0.4) is 0 Å². The summed E-state index contributed by atoms with van der Waals surface area (Å²) in [6, 6.07) is 15.9. The van der Waals surface area contributed by atoms with Crippen LogP contribution in [0.25, 0.3) is 22.1 Å². The first kappa shape index (κ1) is 21.0. The van der Waals surface area contributed by atoms with Gasteiger partial charge in [0.15, 0.2) is 6.61 Å². The van der Waals surface area contributed by atoms with Gasteiger partial charge >= 0.3 is 5.63 Å². The number of thioether (sulfide) groups is 1. The molecule has 2 N–H and O–H groups in total. The molecule has 1 atom stereocenters. The van der Waals surface area contributed by atoms with Crippen LogP contribution in [0.5, 0.6) is 5.75 Å². The molecule has 3 aromatic rings. The molecule has 0 radical (unpaired) electrons. The number of benzene rings is 2.